The second-order valence-corrected chi connectivity index (χ2v) is 12.1. The molecule has 10 nitrogen and oxygen atoms in total. The summed E-state index contributed by atoms with van der Waals surface area (Å²) in [5.74, 6) is 1.31. The number of carbonyl (C=O) groups excluding carboxylic acids is 2. The fourth-order valence-electron chi connectivity index (χ4n) is 6.92. The van der Waals surface area contributed by atoms with E-state index in [9.17, 15) is 14.7 Å². The van der Waals surface area contributed by atoms with Gasteiger partial charge in [0.2, 0.25) is 5.88 Å². The Morgan fingerprint density at radius 3 is 2.55 bits per heavy atom. The van der Waals surface area contributed by atoms with Gasteiger partial charge >= 0.3 is 5.97 Å². The maximum absolute atomic E-state index is 12.5. The molecule has 1 aliphatic heterocycles. The molecule has 2 aromatic carbocycles. The van der Waals surface area contributed by atoms with Crippen LogP contribution in [0.3, 0.4) is 0 Å². The van der Waals surface area contributed by atoms with E-state index < -0.39 is 12.1 Å². The number of aryl methyl sites for hydroxylation is 2. The minimum Gasteiger partial charge on any atom is -0.486 e. The minimum atomic E-state index is -0.957. The number of esters is 1. The molecule has 0 unspecified atom stereocenters. The molecule has 0 spiro atoms. The van der Waals surface area contributed by atoms with E-state index in [1.165, 1.54) is 41.6 Å². The van der Waals surface area contributed by atoms with Crippen molar-refractivity contribution in [2.75, 3.05) is 26.8 Å². The van der Waals surface area contributed by atoms with Gasteiger partial charge in [0.15, 0.2) is 5.82 Å². The summed E-state index contributed by atoms with van der Waals surface area (Å²) in [6.45, 7) is 7.02. The van der Waals surface area contributed by atoms with Gasteiger partial charge < -0.3 is 24.2 Å². The van der Waals surface area contributed by atoms with Crippen LogP contribution >= 0.6 is 0 Å². The van der Waals surface area contributed by atoms with E-state index in [4.69, 9.17) is 19.2 Å². The first-order chi connectivity index (χ1) is 22.8. The normalized spacial score (nSPS) is 16.9. The molecule has 1 aliphatic carbocycles. The van der Waals surface area contributed by atoms with E-state index in [1.807, 2.05) is 18.2 Å². The molecule has 1 N–H and O–H groups in total. The molecule has 2 aliphatic rings. The van der Waals surface area contributed by atoms with Gasteiger partial charge in [0.05, 0.1) is 25.6 Å². The Kier molecular flexibility index (Phi) is 9.58. The summed E-state index contributed by atoms with van der Waals surface area (Å²) in [6.07, 6.45) is 4.77. The quantitative estimate of drug-likeness (QED) is 0.216. The number of aromatic nitrogens is 3. The number of hydrogen-bond donors (Lipinski definition) is 1. The van der Waals surface area contributed by atoms with E-state index in [1.54, 1.807) is 11.8 Å². The standard InChI is InChI=1S/C37H42N4O6/c1-5-24-21-27(14-15-28(24)25-17-19-40(20-18-25)35(43)23(3)42)47-32-16-13-26-9-7-10-29(34(26)32)31-11-8-12-33(39-31)41-36(45-4)30(22-38-41)37(44)46-6-2/h7-12,14-15,21-23,25,32,42H,5-6,13,16-20H2,1-4H3/t23-,32-/m0/s1. The summed E-state index contributed by atoms with van der Waals surface area (Å²) in [4.78, 5) is 31.4. The van der Waals surface area contributed by atoms with E-state index in [-0.39, 0.29) is 30.1 Å². The van der Waals surface area contributed by atoms with E-state index in [0.717, 1.165) is 54.7 Å². The number of likely N-dealkylation sites (tertiary alicyclic amines) is 1. The van der Waals surface area contributed by atoms with Crippen molar-refractivity contribution < 1.29 is 28.9 Å². The Balaban J connectivity index is 1.24. The first-order valence-electron chi connectivity index (χ1n) is 16.5. The van der Waals surface area contributed by atoms with E-state index in [0.29, 0.717) is 24.8 Å². The van der Waals surface area contributed by atoms with Crippen molar-refractivity contribution in [1.82, 2.24) is 19.7 Å². The lowest BCUT2D eigenvalue weighted by Crippen LogP contribution is -2.42. The zero-order chi connectivity index (χ0) is 33.1. The number of ether oxygens (including phenoxy) is 3. The van der Waals surface area contributed by atoms with E-state index >= 15 is 0 Å². The summed E-state index contributed by atoms with van der Waals surface area (Å²) in [6, 6.07) is 18.5. The van der Waals surface area contributed by atoms with Crippen LogP contribution < -0.4 is 9.47 Å². The zero-order valence-corrected chi connectivity index (χ0v) is 27.4. The first kappa shape index (κ1) is 32.2. The summed E-state index contributed by atoms with van der Waals surface area (Å²) in [5, 5.41) is 14.1. The number of pyridine rings is 1. The molecule has 10 heteroatoms. The number of aliphatic hydroxyl groups excluding tert-OH is 1. The highest BCUT2D eigenvalue weighted by Gasteiger charge is 2.30. The van der Waals surface area contributed by atoms with Crippen molar-refractivity contribution >= 4 is 11.9 Å². The van der Waals surface area contributed by atoms with Gasteiger partial charge in [0.1, 0.15) is 23.5 Å². The minimum absolute atomic E-state index is 0.133. The van der Waals surface area contributed by atoms with Crippen LogP contribution in [-0.4, -0.2) is 69.6 Å². The zero-order valence-electron chi connectivity index (χ0n) is 27.4. The molecule has 246 valence electrons. The number of rotatable bonds is 10. The molecule has 0 radical (unpaired) electrons. The van der Waals surface area contributed by atoms with Crippen LogP contribution in [0.1, 0.15) is 84.7 Å². The fraction of sp³-hybridized carbons (Fsp3) is 0.405. The Labute approximate surface area is 275 Å². The Bertz CT molecular complexity index is 1760. The number of benzene rings is 2. The average molecular weight is 639 g/mol. The molecular weight excluding hydrogens is 596 g/mol. The van der Waals surface area contributed by atoms with Gasteiger partial charge in [-0.25, -0.2) is 9.78 Å². The van der Waals surface area contributed by atoms with Crippen molar-refractivity contribution in [1.29, 1.82) is 0 Å². The van der Waals surface area contributed by atoms with Crippen molar-refractivity contribution in [3.63, 3.8) is 0 Å². The molecule has 2 atom stereocenters. The number of amides is 1. The van der Waals surface area contributed by atoms with E-state index in [2.05, 4.69) is 48.4 Å². The number of nitrogens with zero attached hydrogens (tertiary/aromatic N) is 4. The van der Waals surface area contributed by atoms with Crippen LogP contribution in [0.25, 0.3) is 17.1 Å². The third-order valence-corrected chi connectivity index (χ3v) is 9.21. The highest BCUT2D eigenvalue weighted by atomic mass is 16.5. The molecular formula is C37H42N4O6. The third-order valence-electron chi connectivity index (χ3n) is 9.21. The summed E-state index contributed by atoms with van der Waals surface area (Å²) in [7, 11) is 1.49. The molecule has 1 fully saturated rings. The molecule has 0 bridgehead atoms. The number of piperidine rings is 1. The second-order valence-electron chi connectivity index (χ2n) is 12.1. The van der Waals surface area contributed by atoms with Gasteiger partial charge in [-0.3, -0.25) is 4.79 Å². The molecule has 1 amide bonds. The van der Waals surface area contributed by atoms with Gasteiger partial charge in [-0.15, -0.1) is 0 Å². The second kappa shape index (κ2) is 14.0. The van der Waals surface area contributed by atoms with Crippen LogP contribution in [0.5, 0.6) is 11.6 Å². The molecule has 0 saturated carbocycles. The Morgan fingerprint density at radius 1 is 1.04 bits per heavy atom. The number of fused-ring (bicyclic) bond motifs is 1. The predicted octanol–water partition coefficient (Wildman–Crippen LogP) is 5.84. The lowest BCUT2D eigenvalue weighted by Gasteiger charge is -2.33. The fourth-order valence-corrected chi connectivity index (χ4v) is 6.92. The molecule has 47 heavy (non-hydrogen) atoms. The van der Waals surface area contributed by atoms with Crippen LogP contribution in [0.4, 0.5) is 0 Å². The van der Waals surface area contributed by atoms with Crippen molar-refractivity contribution in [2.45, 2.75) is 71.0 Å². The SMILES string of the molecule is CCOC(=O)c1cnn(-c2cccc(-c3cccc4c3[C@@H](Oc3ccc(C5CCN(C(=O)[C@H](C)O)CC5)c(CC)c3)CC4)n2)c1OC. The van der Waals surface area contributed by atoms with Crippen LogP contribution in [0.2, 0.25) is 0 Å². The van der Waals surface area contributed by atoms with Crippen LogP contribution in [0.15, 0.2) is 60.8 Å². The van der Waals surface area contributed by atoms with Crippen molar-refractivity contribution in [3.8, 4) is 28.7 Å². The largest absolute Gasteiger partial charge is 0.486 e. The molecule has 6 rings (SSSR count). The third kappa shape index (κ3) is 6.47. The van der Waals surface area contributed by atoms with Crippen molar-refractivity contribution in [2.24, 2.45) is 0 Å². The average Bonchev–Trinajstić information content (AvgIpc) is 3.72. The first-order valence-corrected chi connectivity index (χ1v) is 16.5. The highest BCUT2D eigenvalue weighted by molar-refractivity contribution is 5.92. The molecule has 3 heterocycles. The number of hydrogen-bond acceptors (Lipinski definition) is 8. The summed E-state index contributed by atoms with van der Waals surface area (Å²) in [5.41, 5.74) is 6.96. The molecule has 1 saturated heterocycles. The smallest absolute Gasteiger partial charge is 0.345 e. The Hall–Kier alpha value is -4.70. The Morgan fingerprint density at radius 2 is 1.83 bits per heavy atom. The maximum Gasteiger partial charge on any atom is 0.345 e. The van der Waals surface area contributed by atoms with Gasteiger partial charge in [0, 0.05) is 24.2 Å². The van der Waals surface area contributed by atoms with Gasteiger partial charge in [-0.05, 0) is 92.8 Å². The number of methoxy groups -OCH3 is 1. The predicted molar refractivity (Wildman–Crippen MR) is 177 cm³/mol. The summed E-state index contributed by atoms with van der Waals surface area (Å²) < 4.78 is 19.0. The lowest BCUT2D eigenvalue weighted by molar-refractivity contribution is -0.140. The van der Waals surface area contributed by atoms with Crippen LogP contribution in [-0.2, 0) is 22.4 Å². The monoisotopic (exact) mass is 638 g/mol. The number of aliphatic hydroxyl groups is 1. The topological polar surface area (TPSA) is 116 Å². The highest BCUT2D eigenvalue weighted by Crippen LogP contribution is 2.42. The molecule has 2 aromatic heterocycles. The van der Waals surface area contributed by atoms with Gasteiger partial charge in [-0.2, -0.15) is 9.78 Å². The van der Waals surface area contributed by atoms with Crippen LogP contribution in [0, 0.1) is 0 Å². The number of carbonyl (C=O) groups is 2. The molecule has 4 aromatic rings. The van der Waals surface area contributed by atoms with Gasteiger partial charge in [-0.1, -0.05) is 37.3 Å². The van der Waals surface area contributed by atoms with Gasteiger partial charge in [0.25, 0.3) is 5.91 Å². The summed E-state index contributed by atoms with van der Waals surface area (Å²) >= 11 is 0. The lowest BCUT2D eigenvalue weighted by atomic mass is 9.85. The maximum atomic E-state index is 12.5. The van der Waals surface area contributed by atoms with Crippen molar-refractivity contribution in [3.05, 3.63) is 88.6 Å².